The van der Waals surface area contributed by atoms with E-state index in [1.165, 1.54) is 12.1 Å². The van der Waals surface area contributed by atoms with Crippen LogP contribution in [0.1, 0.15) is 40.4 Å². The van der Waals surface area contributed by atoms with E-state index in [0.717, 1.165) is 43.6 Å². The lowest BCUT2D eigenvalue weighted by atomic mass is 10.1. The number of hydrogen-bond acceptors (Lipinski definition) is 3. The molecule has 2 fully saturated rings. The first-order valence-corrected chi connectivity index (χ1v) is 9.51. The first-order valence-electron chi connectivity index (χ1n) is 9.51. The fourth-order valence-electron chi connectivity index (χ4n) is 3.66. The van der Waals surface area contributed by atoms with Gasteiger partial charge in [0.2, 0.25) is 0 Å². The Hall–Kier alpha value is -2.47. The summed E-state index contributed by atoms with van der Waals surface area (Å²) in [6.45, 7) is 5.24. The summed E-state index contributed by atoms with van der Waals surface area (Å²) in [5, 5.41) is 0. The Labute approximate surface area is 158 Å². The number of benzene rings is 1. The number of hydrogen-bond donors (Lipinski definition) is 0. The van der Waals surface area contributed by atoms with Crippen LogP contribution in [0.15, 0.2) is 41.3 Å². The van der Waals surface area contributed by atoms with E-state index in [2.05, 4.69) is 4.90 Å². The van der Waals surface area contributed by atoms with Gasteiger partial charge in [-0.15, -0.1) is 0 Å². The Morgan fingerprint density at radius 1 is 1.07 bits per heavy atom. The predicted molar refractivity (Wildman–Crippen MR) is 101 cm³/mol. The van der Waals surface area contributed by atoms with Gasteiger partial charge in [-0.2, -0.15) is 0 Å². The topological polar surface area (TPSA) is 45.6 Å². The standard InChI is InChI=1S/C21H24FN3O2/c1-15-8-9-25(18-6-7-18)21(27)19(15)20(26)24-12-10-23(11-13-24)14-16-2-4-17(22)5-3-16/h2-5,8-9,18H,6-7,10-14H2,1H3. The van der Waals surface area contributed by atoms with Crippen LogP contribution in [-0.2, 0) is 6.54 Å². The second-order valence-electron chi connectivity index (χ2n) is 7.51. The summed E-state index contributed by atoms with van der Waals surface area (Å²) >= 11 is 0. The van der Waals surface area contributed by atoms with E-state index < -0.39 is 0 Å². The van der Waals surface area contributed by atoms with E-state index in [9.17, 15) is 14.0 Å². The van der Waals surface area contributed by atoms with Gasteiger partial charge < -0.3 is 9.47 Å². The van der Waals surface area contributed by atoms with Crippen molar-refractivity contribution in [3.05, 3.63) is 69.4 Å². The summed E-state index contributed by atoms with van der Waals surface area (Å²) in [6, 6.07) is 8.66. The molecule has 1 amide bonds. The molecule has 0 atom stereocenters. The third-order valence-corrected chi connectivity index (χ3v) is 5.46. The first-order chi connectivity index (χ1) is 13.0. The van der Waals surface area contributed by atoms with Crippen molar-refractivity contribution in [2.24, 2.45) is 0 Å². The fourth-order valence-corrected chi connectivity index (χ4v) is 3.66. The summed E-state index contributed by atoms with van der Waals surface area (Å²) in [6.07, 6.45) is 3.84. The zero-order valence-electron chi connectivity index (χ0n) is 15.5. The van der Waals surface area contributed by atoms with Crippen molar-refractivity contribution in [1.29, 1.82) is 0 Å². The van der Waals surface area contributed by atoms with E-state index in [1.54, 1.807) is 21.6 Å². The summed E-state index contributed by atoms with van der Waals surface area (Å²) < 4.78 is 14.7. The van der Waals surface area contributed by atoms with E-state index in [1.807, 2.05) is 19.2 Å². The number of rotatable bonds is 4. The molecule has 0 N–H and O–H groups in total. The number of piperazine rings is 1. The maximum atomic E-state index is 13.0. The van der Waals surface area contributed by atoms with Gasteiger partial charge >= 0.3 is 0 Å². The smallest absolute Gasteiger partial charge is 0.263 e. The highest BCUT2D eigenvalue weighted by Gasteiger charge is 2.29. The van der Waals surface area contributed by atoms with Gasteiger partial charge in [-0.05, 0) is 49.1 Å². The molecular weight excluding hydrogens is 345 g/mol. The van der Waals surface area contributed by atoms with E-state index in [0.29, 0.717) is 18.7 Å². The summed E-state index contributed by atoms with van der Waals surface area (Å²) in [4.78, 5) is 29.8. The lowest BCUT2D eigenvalue weighted by Gasteiger charge is -2.35. The van der Waals surface area contributed by atoms with Crippen LogP contribution in [0, 0.1) is 12.7 Å². The van der Waals surface area contributed by atoms with Crippen LogP contribution in [0.3, 0.4) is 0 Å². The van der Waals surface area contributed by atoms with Gasteiger partial charge in [0, 0.05) is 45.0 Å². The molecule has 1 saturated carbocycles. The molecule has 6 heteroatoms. The van der Waals surface area contributed by atoms with Crippen molar-refractivity contribution >= 4 is 5.91 Å². The molecule has 0 bridgehead atoms. The Bertz CT molecular complexity index is 895. The largest absolute Gasteiger partial charge is 0.336 e. The molecule has 0 unspecified atom stereocenters. The van der Waals surface area contributed by atoms with Crippen LogP contribution in [-0.4, -0.2) is 46.5 Å². The molecule has 2 aliphatic rings. The van der Waals surface area contributed by atoms with Gasteiger partial charge in [-0.3, -0.25) is 14.5 Å². The predicted octanol–water partition coefficient (Wildman–Crippen LogP) is 2.59. The highest BCUT2D eigenvalue weighted by atomic mass is 19.1. The molecule has 1 aromatic heterocycles. The minimum absolute atomic E-state index is 0.156. The van der Waals surface area contributed by atoms with Gasteiger partial charge in [0.15, 0.2) is 0 Å². The zero-order valence-corrected chi connectivity index (χ0v) is 15.5. The lowest BCUT2D eigenvalue weighted by molar-refractivity contribution is 0.0625. The third kappa shape index (κ3) is 3.81. The van der Waals surface area contributed by atoms with Crippen LogP contribution in [0.4, 0.5) is 4.39 Å². The quantitative estimate of drug-likeness (QED) is 0.832. The molecule has 1 aromatic carbocycles. The summed E-state index contributed by atoms with van der Waals surface area (Å²) in [5.74, 6) is -0.391. The van der Waals surface area contributed by atoms with Gasteiger partial charge in [0.1, 0.15) is 11.4 Å². The van der Waals surface area contributed by atoms with Crippen molar-refractivity contribution in [2.45, 2.75) is 32.4 Å². The minimum Gasteiger partial charge on any atom is -0.336 e. The number of pyridine rings is 1. The van der Waals surface area contributed by atoms with Crippen LogP contribution < -0.4 is 5.56 Å². The second kappa shape index (κ2) is 7.27. The Balaban J connectivity index is 1.42. The highest BCUT2D eigenvalue weighted by molar-refractivity contribution is 5.95. The molecule has 1 aliphatic heterocycles. The van der Waals surface area contributed by atoms with Crippen molar-refractivity contribution in [2.75, 3.05) is 26.2 Å². The van der Waals surface area contributed by atoms with Gasteiger partial charge in [0.05, 0.1) is 0 Å². The van der Waals surface area contributed by atoms with Crippen molar-refractivity contribution < 1.29 is 9.18 Å². The van der Waals surface area contributed by atoms with Crippen LogP contribution in [0.2, 0.25) is 0 Å². The van der Waals surface area contributed by atoms with Crippen LogP contribution >= 0.6 is 0 Å². The normalized spacial score (nSPS) is 17.9. The number of halogens is 1. The first kappa shape index (κ1) is 17.9. The molecule has 0 radical (unpaired) electrons. The Morgan fingerprint density at radius 3 is 2.37 bits per heavy atom. The highest BCUT2D eigenvalue weighted by Crippen LogP contribution is 2.33. The Morgan fingerprint density at radius 2 is 1.74 bits per heavy atom. The molecule has 142 valence electrons. The van der Waals surface area contributed by atoms with Gasteiger partial charge in [-0.1, -0.05) is 12.1 Å². The molecule has 1 saturated heterocycles. The van der Waals surface area contributed by atoms with E-state index >= 15 is 0 Å². The molecule has 4 rings (SSSR count). The Kier molecular flexibility index (Phi) is 4.83. The van der Waals surface area contributed by atoms with E-state index in [4.69, 9.17) is 0 Å². The van der Waals surface area contributed by atoms with Crippen LogP contribution in [0.5, 0.6) is 0 Å². The molecule has 0 spiro atoms. The number of carbonyl (C=O) groups is 1. The van der Waals surface area contributed by atoms with Crippen molar-refractivity contribution in [3.63, 3.8) is 0 Å². The molecule has 2 heterocycles. The molecule has 2 aromatic rings. The number of aromatic nitrogens is 1. The zero-order chi connectivity index (χ0) is 19.0. The molecule has 27 heavy (non-hydrogen) atoms. The van der Waals surface area contributed by atoms with Crippen LogP contribution in [0.25, 0.3) is 0 Å². The summed E-state index contributed by atoms with van der Waals surface area (Å²) in [7, 11) is 0. The monoisotopic (exact) mass is 369 g/mol. The number of carbonyl (C=O) groups excluding carboxylic acids is 1. The number of amides is 1. The maximum Gasteiger partial charge on any atom is 0.263 e. The number of aryl methyl sites for hydroxylation is 1. The lowest BCUT2D eigenvalue weighted by Crippen LogP contribution is -2.49. The van der Waals surface area contributed by atoms with Gasteiger partial charge in [0.25, 0.3) is 11.5 Å². The van der Waals surface area contributed by atoms with Crippen molar-refractivity contribution in [1.82, 2.24) is 14.4 Å². The molecular formula is C21H24FN3O2. The average Bonchev–Trinajstić information content (AvgIpc) is 3.49. The van der Waals surface area contributed by atoms with Gasteiger partial charge in [-0.25, -0.2) is 4.39 Å². The molecule has 5 nitrogen and oxygen atoms in total. The van der Waals surface area contributed by atoms with Crippen molar-refractivity contribution in [3.8, 4) is 0 Å². The summed E-state index contributed by atoms with van der Waals surface area (Å²) in [5.41, 5.74) is 1.96. The average molecular weight is 369 g/mol. The number of nitrogens with zero attached hydrogens (tertiary/aromatic N) is 3. The SMILES string of the molecule is Cc1ccn(C2CC2)c(=O)c1C(=O)N1CCN(Cc2ccc(F)cc2)CC1. The third-order valence-electron chi connectivity index (χ3n) is 5.46. The maximum absolute atomic E-state index is 13.0. The fraction of sp³-hybridized carbons (Fsp3) is 0.429. The minimum atomic E-state index is -0.232. The van der Waals surface area contributed by atoms with E-state index in [-0.39, 0.29) is 23.3 Å². The second-order valence-corrected chi connectivity index (χ2v) is 7.51. The molecule has 1 aliphatic carbocycles.